The molecule has 1 aromatic heterocycles. The molecule has 0 amide bonds. The van der Waals surface area contributed by atoms with Crippen molar-refractivity contribution in [2.45, 2.75) is 6.92 Å². The Balaban J connectivity index is 3.68. The van der Waals surface area contributed by atoms with Gasteiger partial charge < -0.3 is 9.67 Å². The number of aryl methyl sites for hydroxylation is 1. The molecule has 1 N–H and O–H groups in total. The molecular weight excluding hydrogens is 156 g/mol. The van der Waals surface area contributed by atoms with Crippen LogP contribution in [0.15, 0.2) is 11.0 Å². The SMILES string of the molecule is Cc1c(O)cn(C)c(=O)c1C#N. The van der Waals surface area contributed by atoms with Crippen LogP contribution in [0.25, 0.3) is 0 Å². The lowest BCUT2D eigenvalue weighted by Crippen LogP contribution is -2.19. The summed E-state index contributed by atoms with van der Waals surface area (Å²) >= 11 is 0. The quantitative estimate of drug-likeness (QED) is 0.598. The van der Waals surface area contributed by atoms with E-state index in [9.17, 15) is 9.90 Å². The molecule has 4 nitrogen and oxygen atoms in total. The Morgan fingerprint density at radius 2 is 2.25 bits per heavy atom. The van der Waals surface area contributed by atoms with Crippen molar-refractivity contribution in [1.82, 2.24) is 4.57 Å². The van der Waals surface area contributed by atoms with Gasteiger partial charge in [-0.25, -0.2) is 0 Å². The number of rotatable bonds is 0. The first-order chi connectivity index (χ1) is 5.57. The summed E-state index contributed by atoms with van der Waals surface area (Å²) in [6, 6.07) is 1.75. The molecule has 0 radical (unpaired) electrons. The monoisotopic (exact) mass is 164 g/mol. The van der Waals surface area contributed by atoms with Crippen molar-refractivity contribution in [1.29, 1.82) is 5.26 Å². The number of hydrogen-bond donors (Lipinski definition) is 1. The second-order valence-electron chi connectivity index (χ2n) is 2.54. The average molecular weight is 164 g/mol. The summed E-state index contributed by atoms with van der Waals surface area (Å²) in [5.74, 6) is -0.0337. The first-order valence-corrected chi connectivity index (χ1v) is 3.37. The van der Waals surface area contributed by atoms with Crippen LogP contribution in [0.4, 0.5) is 0 Å². The second kappa shape index (κ2) is 2.70. The van der Waals surface area contributed by atoms with E-state index < -0.39 is 0 Å². The first kappa shape index (κ1) is 8.34. The van der Waals surface area contributed by atoms with Gasteiger partial charge in [-0.2, -0.15) is 5.26 Å². The van der Waals surface area contributed by atoms with Crippen LogP contribution < -0.4 is 5.56 Å². The summed E-state index contributed by atoms with van der Waals surface area (Å²) in [4.78, 5) is 11.2. The Kier molecular flexibility index (Phi) is 1.88. The molecule has 0 spiro atoms. The molecule has 0 unspecified atom stereocenters. The number of pyridine rings is 1. The lowest BCUT2D eigenvalue weighted by Gasteiger charge is -2.02. The van der Waals surface area contributed by atoms with Gasteiger partial charge >= 0.3 is 0 Å². The van der Waals surface area contributed by atoms with Crippen LogP contribution in [0.3, 0.4) is 0 Å². The Morgan fingerprint density at radius 3 is 2.75 bits per heavy atom. The molecule has 0 aliphatic carbocycles. The van der Waals surface area contributed by atoms with Gasteiger partial charge in [0.25, 0.3) is 5.56 Å². The molecule has 62 valence electrons. The zero-order valence-electron chi connectivity index (χ0n) is 6.83. The third-order valence-corrected chi connectivity index (χ3v) is 1.72. The van der Waals surface area contributed by atoms with Crippen molar-refractivity contribution in [3.05, 3.63) is 27.7 Å². The molecule has 0 fully saturated rings. The van der Waals surface area contributed by atoms with Crippen LogP contribution in [0.5, 0.6) is 5.75 Å². The van der Waals surface area contributed by atoms with E-state index in [0.717, 1.165) is 0 Å². The highest BCUT2D eigenvalue weighted by atomic mass is 16.3. The van der Waals surface area contributed by atoms with Gasteiger partial charge in [0.15, 0.2) is 0 Å². The minimum atomic E-state index is -0.382. The average Bonchev–Trinajstić information content (AvgIpc) is 2.02. The Morgan fingerprint density at radius 1 is 1.67 bits per heavy atom. The molecule has 0 atom stereocenters. The van der Waals surface area contributed by atoms with Gasteiger partial charge in [-0.3, -0.25) is 4.79 Å². The van der Waals surface area contributed by atoms with Crippen LogP contribution >= 0.6 is 0 Å². The van der Waals surface area contributed by atoms with E-state index in [-0.39, 0.29) is 16.9 Å². The maximum Gasteiger partial charge on any atom is 0.268 e. The molecule has 1 aromatic rings. The zero-order valence-corrected chi connectivity index (χ0v) is 6.83. The van der Waals surface area contributed by atoms with Crippen LogP contribution in [0, 0.1) is 18.3 Å². The highest BCUT2D eigenvalue weighted by molar-refractivity contribution is 5.42. The smallest absolute Gasteiger partial charge is 0.268 e. The summed E-state index contributed by atoms with van der Waals surface area (Å²) in [5.41, 5.74) is -0.0501. The van der Waals surface area contributed by atoms with Gasteiger partial charge in [0.05, 0.1) is 0 Å². The Bertz CT molecular complexity index is 412. The summed E-state index contributed by atoms with van der Waals surface area (Å²) in [7, 11) is 1.49. The van der Waals surface area contributed by atoms with E-state index in [2.05, 4.69) is 0 Å². The van der Waals surface area contributed by atoms with Crippen LogP contribution in [-0.2, 0) is 7.05 Å². The molecule has 1 heterocycles. The normalized spacial score (nSPS) is 9.42. The third-order valence-electron chi connectivity index (χ3n) is 1.72. The minimum Gasteiger partial charge on any atom is -0.506 e. The molecule has 0 saturated carbocycles. The molecule has 0 bridgehead atoms. The highest BCUT2D eigenvalue weighted by Crippen LogP contribution is 2.14. The van der Waals surface area contributed by atoms with Crippen molar-refractivity contribution in [2.24, 2.45) is 7.05 Å². The fraction of sp³-hybridized carbons (Fsp3) is 0.250. The lowest BCUT2D eigenvalue weighted by atomic mass is 10.1. The molecule has 0 saturated heterocycles. The van der Waals surface area contributed by atoms with Crippen molar-refractivity contribution < 1.29 is 5.11 Å². The standard InChI is InChI=1S/C8H8N2O2/c1-5-6(3-9)8(12)10(2)4-7(5)11/h4,11H,1-2H3. The van der Waals surface area contributed by atoms with E-state index >= 15 is 0 Å². The van der Waals surface area contributed by atoms with Gasteiger partial charge in [0.1, 0.15) is 17.4 Å². The van der Waals surface area contributed by atoms with Crippen molar-refractivity contribution >= 4 is 0 Å². The molecule has 4 heteroatoms. The fourth-order valence-electron chi connectivity index (χ4n) is 0.935. The van der Waals surface area contributed by atoms with Gasteiger partial charge in [-0.1, -0.05) is 0 Å². The number of nitrogens with zero attached hydrogens (tertiary/aromatic N) is 2. The molecular formula is C8H8N2O2. The summed E-state index contributed by atoms with van der Waals surface area (Å²) in [6.07, 6.45) is 1.29. The summed E-state index contributed by atoms with van der Waals surface area (Å²) in [5, 5.41) is 17.8. The lowest BCUT2D eigenvalue weighted by molar-refractivity contribution is 0.463. The number of aromatic hydroxyl groups is 1. The van der Waals surface area contributed by atoms with Gasteiger partial charge in [-0.05, 0) is 6.92 Å². The van der Waals surface area contributed by atoms with Gasteiger partial charge in [0.2, 0.25) is 0 Å². The fourth-order valence-corrected chi connectivity index (χ4v) is 0.935. The van der Waals surface area contributed by atoms with Gasteiger partial charge in [0, 0.05) is 18.8 Å². The maximum atomic E-state index is 11.2. The maximum absolute atomic E-state index is 11.2. The summed E-state index contributed by atoms with van der Waals surface area (Å²) < 4.78 is 1.18. The first-order valence-electron chi connectivity index (χ1n) is 3.37. The molecule has 0 aliphatic heterocycles. The van der Waals surface area contributed by atoms with Crippen LogP contribution in [0.2, 0.25) is 0 Å². The Hall–Kier alpha value is -1.76. The van der Waals surface area contributed by atoms with E-state index in [1.807, 2.05) is 0 Å². The van der Waals surface area contributed by atoms with E-state index in [1.54, 1.807) is 6.07 Å². The largest absolute Gasteiger partial charge is 0.506 e. The molecule has 0 aliphatic rings. The molecule has 12 heavy (non-hydrogen) atoms. The molecule has 1 rings (SSSR count). The predicted octanol–water partition coefficient (Wildman–Crippen LogP) is 0.271. The zero-order chi connectivity index (χ0) is 9.30. The molecule has 0 aromatic carbocycles. The number of aromatic nitrogens is 1. The minimum absolute atomic E-state index is 0.00231. The van der Waals surface area contributed by atoms with Crippen LogP contribution in [-0.4, -0.2) is 9.67 Å². The highest BCUT2D eigenvalue weighted by Gasteiger charge is 2.08. The van der Waals surface area contributed by atoms with Gasteiger partial charge in [-0.15, -0.1) is 0 Å². The van der Waals surface area contributed by atoms with Crippen LogP contribution in [0.1, 0.15) is 11.1 Å². The topological polar surface area (TPSA) is 66.0 Å². The van der Waals surface area contributed by atoms with E-state index in [1.165, 1.54) is 24.7 Å². The number of hydrogen-bond acceptors (Lipinski definition) is 3. The second-order valence-corrected chi connectivity index (χ2v) is 2.54. The predicted molar refractivity (Wildman–Crippen MR) is 42.8 cm³/mol. The third kappa shape index (κ3) is 1.05. The van der Waals surface area contributed by atoms with Crippen molar-refractivity contribution in [3.63, 3.8) is 0 Å². The van der Waals surface area contributed by atoms with E-state index in [4.69, 9.17) is 5.26 Å². The van der Waals surface area contributed by atoms with Crippen molar-refractivity contribution in [3.8, 4) is 11.8 Å². The van der Waals surface area contributed by atoms with E-state index in [0.29, 0.717) is 5.56 Å². The summed E-state index contributed by atoms with van der Waals surface area (Å²) in [6.45, 7) is 1.54. The Labute approximate surface area is 69.3 Å². The van der Waals surface area contributed by atoms with Crippen molar-refractivity contribution in [2.75, 3.05) is 0 Å². The number of nitriles is 1.